The van der Waals surface area contributed by atoms with E-state index in [-0.39, 0.29) is 24.3 Å². The minimum atomic E-state index is -0.290. The molecule has 9 heteroatoms. The number of hydrogen-bond donors (Lipinski definition) is 4. The summed E-state index contributed by atoms with van der Waals surface area (Å²) in [6.07, 6.45) is 2.73. The van der Waals surface area contributed by atoms with Crippen LogP contribution < -0.4 is 21.3 Å². The number of benzene rings is 2. The van der Waals surface area contributed by atoms with Crippen LogP contribution in [-0.4, -0.2) is 24.3 Å². The van der Waals surface area contributed by atoms with Crippen molar-refractivity contribution in [3.63, 3.8) is 0 Å². The van der Waals surface area contributed by atoms with E-state index in [2.05, 4.69) is 21.3 Å². The molecule has 0 atom stereocenters. The third kappa shape index (κ3) is 7.40. The molecule has 33 heavy (non-hydrogen) atoms. The van der Waals surface area contributed by atoms with E-state index >= 15 is 0 Å². The van der Waals surface area contributed by atoms with E-state index in [4.69, 9.17) is 16.0 Å². The smallest absolute Gasteiger partial charge is 0.251 e. The fraction of sp³-hybridized carbons (Fsp3) is 0.208. The van der Waals surface area contributed by atoms with Crippen LogP contribution in [-0.2, 0) is 16.1 Å². The number of rotatable bonds is 10. The Morgan fingerprint density at radius 2 is 1.67 bits per heavy atom. The summed E-state index contributed by atoms with van der Waals surface area (Å²) in [7, 11) is 0. The molecule has 0 radical (unpaired) electrons. The monoisotopic (exact) mass is 468 g/mol. The number of carbonyl (C=O) groups excluding carboxylic acids is 3. The number of halogens is 1. The first-order valence-corrected chi connectivity index (χ1v) is 10.9. The summed E-state index contributed by atoms with van der Waals surface area (Å²) in [6.45, 7) is 2.19. The fourth-order valence-corrected chi connectivity index (χ4v) is 3.14. The van der Waals surface area contributed by atoms with Crippen molar-refractivity contribution < 1.29 is 18.8 Å². The van der Waals surface area contributed by atoms with Gasteiger partial charge >= 0.3 is 0 Å². The highest BCUT2D eigenvalue weighted by atomic mass is 35.5. The summed E-state index contributed by atoms with van der Waals surface area (Å²) in [5.74, 6) is 0.0447. The topological polar surface area (TPSA) is 112 Å². The number of carbonyl (C=O) groups is 3. The van der Waals surface area contributed by atoms with Crippen LogP contribution >= 0.6 is 11.6 Å². The molecule has 3 aromatic rings. The number of nitrogens with one attached hydrogen (secondary N) is 4. The highest BCUT2D eigenvalue weighted by Gasteiger charge is 2.09. The lowest BCUT2D eigenvalue weighted by Gasteiger charge is -2.12. The lowest BCUT2D eigenvalue weighted by atomic mass is 10.2. The molecule has 0 aliphatic heterocycles. The lowest BCUT2D eigenvalue weighted by Crippen LogP contribution is -2.23. The second kappa shape index (κ2) is 11.7. The Bertz CT molecular complexity index is 1100. The van der Waals surface area contributed by atoms with Crippen molar-refractivity contribution in [1.82, 2.24) is 5.32 Å². The Labute approximate surface area is 196 Å². The Morgan fingerprint density at radius 3 is 2.36 bits per heavy atom. The Balaban J connectivity index is 1.49. The van der Waals surface area contributed by atoms with Crippen molar-refractivity contribution in [3.05, 3.63) is 77.2 Å². The summed E-state index contributed by atoms with van der Waals surface area (Å²) < 4.78 is 5.18. The molecule has 0 unspecified atom stereocenters. The first-order chi connectivity index (χ1) is 15.9. The van der Waals surface area contributed by atoms with Gasteiger partial charge in [0.15, 0.2) is 0 Å². The normalized spacial score (nSPS) is 10.4. The molecule has 0 aliphatic carbocycles. The van der Waals surface area contributed by atoms with E-state index in [0.717, 1.165) is 6.42 Å². The number of amides is 3. The number of hydrogen-bond acceptors (Lipinski definition) is 5. The van der Waals surface area contributed by atoms with Gasteiger partial charge in [0.25, 0.3) is 5.91 Å². The SMILES string of the molecule is CCCC(=O)Nc1ccc(Cl)c(NCC(=O)Nc2ccc(C(=O)NCc3ccco3)cc2)c1. The van der Waals surface area contributed by atoms with Gasteiger partial charge in [-0.05, 0) is 61.0 Å². The Kier molecular flexibility index (Phi) is 8.49. The van der Waals surface area contributed by atoms with Crippen molar-refractivity contribution >= 4 is 46.4 Å². The Hall–Kier alpha value is -3.78. The average Bonchev–Trinajstić information content (AvgIpc) is 3.32. The minimum Gasteiger partial charge on any atom is -0.467 e. The third-order valence-electron chi connectivity index (χ3n) is 4.60. The van der Waals surface area contributed by atoms with Crippen LogP contribution in [0.5, 0.6) is 0 Å². The van der Waals surface area contributed by atoms with Gasteiger partial charge < -0.3 is 25.7 Å². The molecule has 3 amide bonds. The molecule has 0 bridgehead atoms. The summed E-state index contributed by atoms with van der Waals surface area (Å²) in [6, 6.07) is 15.1. The van der Waals surface area contributed by atoms with E-state index in [1.54, 1.807) is 60.9 Å². The predicted molar refractivity (Wildman–Crippen MR) is 128 cm³/mol. The molecule has 3 rings (SSSR count). The van der Waals surface area contributed by atoms with Crippen molar-refractivity contribution in [1.29, 1.82) is 0 Å². The van der Waals surface area contributed by atoms with Crippen LogP contribution in [0.25, 0.3) is 0 Å². The molecular formula is C24H25ClN4O4. The summed E-state index contributed by atoms with van der Waals surface area (Å²) in [5.41, 5.74) is 2.15. The second-order valence-electron chi connectivity index (χ2n) is 7.23. The van der Waals surface area contributed by atoms with Crippen LogP contribution in [0.2, 0.25) is 5.02 Å². The molecule has 0 saturated carbocycles. The summed E-state index contributed by atoms with van der Waals surface area (Å²) in [4.78, 5) is 36.3. The van der Waals surface area contributed by atoms with Crippen LogP contribution in [0.3, 0.4) is 0 Å². The maximum atomic E-state index is 12.3. The lowest BCUT2D eigenvalue weighted by molar-refractivity contribution is -0.116. The molecule has 172 valence electrons. The maximum Gasteiger partial charge on any atom is 0.251 e. The molecular weight excluding hydrogens is 444 g/mol. The molecule has 4 N–H and O–H groups in total. The van der Waals surface area contributed by atoms with Gasteiger partial charge in [-0.1, -0.05) is 18.5 Å². The molecule has 1 aromatic heterocycles. The molecule has 0 spiro atoms. The van der Waals surface area contributed by atoms with Crippen LogP contribution in [0.1, 0.15) is 35.9 Å². The molecule has 0 aliphatic rings. The fourth-order valence-electron chi connectivity index (χ4n) is 2.96. The average molecular weight is 469 g/mol. The zero-order valence-corrected chi connectivity index (χ0v) is 18.9. The first-order valence-electron chi connectivity index (χ1n) is 10.5. The van der Waals surface area contributed by atoms with Crippen molar-refractivity contribution in [2.75, 3.05) is 22.5 Å². The van der Waals surface area contributed by atoms with Gasteiger partial charge in [-0.25, -0.2) is 0 Å². The van der Waals surface area contributed by atoms with Gasteiger partial charge in [0.1, 0.15) is 5.76 Å². The van der Waals surface area contributed by atoms with Crippen molar-refractivity contribution in [2.45, 2.75) is 26.3 Å². The van der Waals surface area contributed by atoms with Crippen LogP contribution in [0.4, 0.5) is 17.1 Å². The second-order valence-corrected chi connectivity index (χ2v) is 7.64. The zero-order valence-electron chi connectivity index (χ0n) is 18.1. The minimum absolute atomic E-state index is 0.0303. The van der Waals surface area contributed by atoms with Gasteiger partial charge in [-0.3, -0.25) is 14.4 Å². The van der Waals surface area contributed by atoms with E-state index in [1.807, 2.05) is 6.92 Å². The quantitative estimate of drug-likeness (QED) is 0.346. The van der Waals surface area contributed by atoms with Crippen molar-refractivity contribution in [3.8, 4) is 0 Å². The van der Waals surface area contributed by atoms with E-state index < -0.39 is 0 Å². The molecule has 0 fully saturated rings. The van der Waals surface area contributed by atoms with Crippen molar-refractivity contribution in [2.24, 2.45) is 0 Å². The number of anilines is 3. The Morgan fingerprint density at radius 1 is 0.939 bits per heavy atom. The standard InChI is InChI=1S/C24H25ClN4O4/c1-2-4-22(30)29-18-10-11-20(25)21(13-18)26-15-23(31)28-17-8-6-16(7-9-17)24(32)27-14-19-5-3-12-33-19/h3,5-13,26H,2,4,14-15H2,1H3,(H,27,32)(H,28,31)(H,29,30). The summed E-state index contributed by atoms with van der Waals surface area (Å²) in [5, 5.41) is 11.7. The third-order valence-corrected chi connectivity index (χ3v) is 4.93. The molecule has 2 aromatic carbocycles. The van der Waals surface area contributed by atoms with E-state index in [1.165, 1.54) is 0 Å². The highest BCUT2D eigenvalue weighted by molar-refractivity contribution is 6.33. The van der Waals surface area contributed by atoms with Gasteiger partial charge in [0.2, 0.25) is 11.8 Å². The number of furan rings is 1. The highest BCUT2D eigenvalue weighted by Crippen LogP contribution is 2.25. The predicted octanol–water partition coefficient (Wildman–Crippen LogP) is 4.65. The van der Waals surface area contributed by atoms with Crippen LogP contribution in [0, 0.1) is 0 Å². The molecule has 8 nitrogen and oxygen atoms in total. The van der Waals surface area contributed by atoms with E-state index in [0.29, 0.717) is 46.4 Å². The van der Waals surface area contributed by atoms with Gasteiger partial charge in [0.05, 0.1) is 30.1 Å². The van der Waals surface area contributed by atoms with Crippen LogP contribution in [0.15, 0.2) is 65.3 Å². The maximum absolute atomic E-state index is 12.3. The van der Waals surface area contributed by atoms with Gasteiger partial charge in [-0.2, -0.15) is 0 Å². The molecule has 1 heterocycles. The molecule has 0 saturated heterocycles. The van der Waals surface area contributed by atoms with Gasteiger partial charge in [0, 0.05) is 23.4 Å². The zero-order chi connectivity index (χ0) is 23.6. The van der Waals surface area contributed by atoms with E-state index in [9.17, 15) is 14.4 Å². The van der Waals surface area contributed by atoms with Gasteiger partial charge in [-0.15, -0.1) is 0 Å². The summed E-state index contributed by atoms with van der Waals surface area (Å²) >= 11 is 6.19. The first kappa shape index (κ1) is 23.9. The largest absolute Gasteiger partial charge is 0.467 e.